The average Bonchev–Trinajstić information content (AvgIpc) is 3.23. The van der Waals surface area contributed by atoms with Gasteiger partial charge in [0, 0.05) is 24.8 Å². The number of amides is 2. The van der Waals surface area contributed by atoms with Crippen LogP contribution >= 0.6 is 0 Å². The van der Waals surface area contributed by atoms with Crippen LogP contribution in [0.5, 0.6) is 5.75 Å². The zero-order chi connectivity index (χ0) is 20.9. The molecule has 0 radical (unpaired) electrons. The van der Waals surface area contributed by atoms with Gasteiger partial charge in [0.1, 0.15) is 18.1 Å². The summed E-state index contributed by atoms with van der Waals surface area (Å²) in [6.45, 7) is 1.66. The second-order valence-electron chi connectivity index (χ2n) is 7.88. The number of hydrogen-bond donors (Lipinski definition) is 0. The molecule has 2 aliphatic rings. The maximum absolute atomic E-state index is 13.3. The van der Waals surface area contributed by atoms with Crippen LogP contribution in [0.2, 0.25) is 0 Å². The topological polar surface area (TPSA) is 72.2 Å². The van der Waals surface area contributed by atoms with Gasteiger partial charge >= 0.3 is 0 Å². The van der Waals surface area contributed by atoms with E-state index in [0.717, 1.165) is 38.1 Å². The Labute approximate surface area is 176 Å². The van der Waals surface area contributed by atoms with Crippen molar-refractivity contribution < 1.29 is 23.5 Å². The van der Waals surface area contributed by atoms with Gasteiger partial charge in [-0.05, 0) is 56.0 Å². The van der Waals surface area contributed by atoms with Crippen LogP contribution in [0.25, 0.3) is 0 Å². The van der Waals surface area contributed by atoms with E-state index in [-0.39, 0.29) is 30.5 Å². The van der Waals surface area contributed by atoms with E-state index in [9.17, 15) is 9.59 Å². The summed E-state index contributed by atoms with van der Waals surface area (Å²) in [4.78, 5) is 29.9. The van der Waals surface area contributed by atoms with Crippen molar-refractivity contribution in [3.05, 3.63) is 54.0 Å². The van der Waals surface area contributed by atoms with Crippen LogP contribution < -0.4 is 4.74 Å². The summed E-state index contributed by atoms with van der Waals surface area (Å²) in [5.74, 6) is 1.11. The Kier molecular flexibility index (Phi) is 6.38. The number of carbonyl (C=O) groups excluding carboxylic acids is 2. The summed E-state index contributed by atoms with van der Waals surface area (Å²) in [5.41, 5.74) is 0.533. The molecule has 1 aliphatic carbocycles. The van der Waals surface area contributed by atoms with Gasteiger partial charge in [-0.2, -0.15) is 0 Å². The summed E-state index contributed by atoms with van der Waals surface area (Å²) < 4.78 is 16.4. The van der Waals surface area contributed by atoms with Crippen LogP contribution in [0, 0.1) is 0 Å². The predicted octanol–water partition coefficient (Wildman–Crippen LogP) is 3.10. The summed E-state index contributed by atoms with van der Waals surface area (Å²) in [6.07, 6.45) is 5.44. The highest BCUT2D eigenvalue weighted by Crippen LogP contribution is 2.29. The number of methoxy groups -OCH3 is 1. The fraction of sp³-hybridized carbons (Fsp3) is 0.478. The molecule has 7 heteroatoms. The lowest BCUT2D eigenvalue weighted by Gasteiger charge is -2.29. The van der Waals surface area contributed by atoms with Crippen LogP contribution in [0.15, 0.2) is 47.1 Å². The Balaban J connectivity index is 1.48. The molecule has 2 heterocycles. The lowest BCUT2D eigenvalue weighted by Crippen LogP contribution is -2.45. The Bertz CT molecular complexity index is 856. The van der Waals surface area contributed by atoms with Gasteiger partial charge in [-0.15, -0.1) is 0 Å². The molecule has 0 N–H and O–H groups in total. The van der Waals surface area contributed by atoms with Crippen molar-refractivity contribution in [2.24, 2.45) is 0 Å². The first-order valence-electron chi connectivity index (χ1n) is 10.5. The zero-order valence-corrected chi connectivity index (χ0v) is 17.3. The van der Waals surface area contributed by atoms with Gasteiger partial charge in [0.15, 0.2) is 0 Å². The van der Waals surface area contributed by atoms with Gasteiger partial charge in [0.05, 0.1) is 26.0 Å². The third-order valence-corrected chi connectivity index (χ3v) is 5.60. The molecule has 7 nitrogen and oxygen atoms in total. The molecule has 1 aromatic heterocycles. The monoisotopic (exact) mass is 412 g/mol. The van der Waals surface area contributed by atoms with E-state index in [1.54, 1.807) is 47.4 Å². The van der Waals surface area contributed by atoms with Crippen LogP contribution in [-0.4, -0.2) is 60.6 Å². The predicted molar refractivity (Wildman–Crippen MR) is 110 cm³/mol. The van der Waals surface area contributed by atoms with E-state index in [4.69, 9.17) is 13.9 Å². The van der Waals surface area contributed by atoms with Crippen molar-refractivity contribution in [3.63, 3.8) is 0 Å². The van der Waals surface area contributed by atoms with Gasteiger partial charge in [0.25, 0.3) is 5.91 Å². The molecule has 160 valence electrons. The third kappa shape index (κ3) is 5.02. The Morgan fingerprint density at radius 1 is 1.17 bits per heavy atom. The van der Waals surface area contributed by atoms with E-state index in [2.05, 4.69) is 0 Å². The summed E-state index contributed by atoms with van der Waals surface area (Å²) in [7, 11) is 1.57. The first-order chi connectivity index (χ1) is 14.6. The molecule has 1 atom stereocenters. The van der Waals surface area contributed by atoms with Gasteiger partial charge in [0.2, 0.25) is 5.91 Å². The van der Waals surface area contributed by atoms with Crippen LogP contribution in [0.1, 0.15) is 41.8 Å². The summed E-state index contributed by atoms with van der Waals surface area (Å²) in [5, 5.41) is 0. The molecule has 1 saturated carbocycles. The number of nitrogens with zero attached hydrogens (tertiary/aromatic N) is 2. The number of carbonyl (C=O) groups is 2. The average molecular weight is 412 g/mol. The van der Waals surface area contributed by atoms with Crippen molar-refractivity contribution >= 4 is 11.8 Å². The van der Waals surface area contributed by atoms with Crippen LogP contribution in [-0.2, 0) is 16.1 Å². The molecule has 1 aromatic carbocycles. The molecule has 30 heavy (non-hydrogen) atoms. The highest BCUT2D eigenvalue weighted by molar-refractivity contribution is 5.97. The maximum Gasteiger partial charge on any atom is 0.254 e. The highest BCUT2D eigenvalue weighted by atomic mass is 16.5. The number of benzene rings is 1. The molecular weight excluding hydrogens is 384 g/mol. The second kappa shape index (κ2) is 9.34. The lowest BCUT2D eigenvalue weighted by molar-refractivity contribution is -0.134. The molecule has 1 aliphatic heterocycles. The highest BCUT2D eigenvalue weighted by Gasteiger charge is 2.36. The number of ether oxygens (including phenoxy) is 2. The molecule has 2 fully saturated rings. The lowest BCUT2D eigenvalue weighted by atomic mass is 10.1. The first kappa shape index (κ1) is 20.5. The number of hydrogen-bond acceptors (Lipinski definition) is 5. The minimum Gasteiger partial charge on any atom is -0.497 e. The van der Waals surface area contributed by atoms with Gasteiger partial charge in [-0.25, -0.2) is 0 Å². The van der Waals surface area contributed by atoms with E-state index in [1.165, 1.54) is 0 Å². The fourth-order valence-corrected chi connectivity index (χ4v) is 3.80. The standard InChI is InChI=1S/C23H28N2O5/c1-28-19-6-2-5-17(13-19)23(27)25(18-9-10-18)16-22(26)24(14-20-7-3-11-29-20)15-21-8-4-12-30-21/h2-3,5-7,11,13,18,21H,4,8-10,12,14-16H2,1H3/t21-/m0/s1. The normalized spacial score (nSPS) is 18.2. The smallest absolute Gasteiger partial charge is 0.254 e. The van der Waals surface area contributed by atoms with Gasteiger partial charge < -0.3 is 23.7 Å². The minimum absolute atomic E-state index is 0.0346. The minimum atomic E-state index is -0.139. The largest absolute Gasteiger partial charge is 0.497 e. The van der Waals surface area contributed by atoms with Crippen molar-refractivity contribution in [2.45, 2.75) is 44.4 Å². The molecular formula is C23H28N2O5. The van der Waals surface area contributed by atoms with E-state index < -0.39 is 0 Å². The summed E-state index contributed by atoms with van der Waals surface area (Å²) >= 11 is 0. The van der Waals surface area contributed by atoms with Crippen LogP contribution in [0.4, 0.5) is 0 Å². The molecule has 2 amide bonds. The fourth-order valence-electron chi connectivity index (χ4n) is 3.80. The molecule has 0 bridgehead atoms. The van der Waals surface area contributed by atoms with E-state index >= 15 is 0 Å². The van der Waals surface area contributed by atoms with Crippen LogP contribution in [0.3, 0.4) is 0 Å². The van der Waals surface area contributed by atoms with E-state index in [0.29, 0.717) is 24.4 Å². The molecule has 4 rings (SSSR count). The summed E-state index contributed by atoms with van der Waals surface area (Å²) in [6, 6.07) is 10.9. The Morgan fingerprint density at radius 3 is 2.70 bits per heavy atom. The van der Waals surface area contributed by atoms with Crippen molar-refractivity contribution in [1.82, 2.24) is 9.80 Å². The Morgan fingerprint density at radius 2 is 2.03 bits per heavy atom. The SMILES string of the molecule is COc1cccc(C(=O)N(CC(=O)N(Cc2ccco2)C[C@@H]2CCCO2)C2CC2)c1. The van der Waals surface area contributed by atoms with Crippen molar-refractivity contribution in [1.29, 1.82) is 0 Å². The zero-order valence-electron chi connectivity index (χ0n) is 17.3. The first-order valence-corrected chi connectivity index (χ1v) is 10.5. The molecule has 0 unspecified atom stereocenters. The Hall–Kier alpha value is -2.80. The molecule has 2 aromatic rings. The number of rotatable bonds is 9. The van der Waals surface area contributed by atoms with Gasteiger partial charge in [-0.1, -0.05) is 6.07 Å². The van der Waals surface area contributed by atoms with Crippen molar-refractivity contribution in [3.8, 4) is 5.75 Å². The molecule has 0 spiro atoms. The maximum atomic E-state index is 13.3. The van der Waals surface area contributed by atoms with Gasteiger partial charge in [-0.3, -0.25) is 9.59 Å². The third-order valence-electron chi connectivity index (χ3n) is 5.60. The molecule has 1 saturated heterocycles. The van der Waals surface area contributed by atoms with E-state index in [1.807, 2.05) is 12.1 Å². The van der Waals surface area contributed by atoms with Crippen molar-refractivity contribution in [2.75, 3.05) is 26.8 Å². The quantitative estimate of drug-likeness (QED) is 0.633. The number of furan rings is 1. The second-order valence-corrected chi connectivity index (χ2v) is 7.88.